The van der Waals surface area contributed by atoms with Crippen LogP contribution in [0, 0.1) is 11.8 Å². The molecule has 2 atom stereocenters. The molecule has 2 aliphatic rings. The van der Waals surface area contributed by atoms with Crippen LogP contribution >= 0.6 is 0 Å². The maximum absolute atomic E-state index is 12.0. The van der Waals surface area contributed by atoms with Crippen molar-refractivity contribution in [1.29, 1.82) is 0 Å². The molecule has 0 aromatic rings. The molecule has 1 aliphatic carbocycles. The van der Waals surface area contributed by atoms with Gasteiger partial charge in [-0.25, -0.2) is 4.79 Å². The minimum atomic E-state index is 0.0944. The lowest BCUT2D eigenvalue weighted by Gasteiger charge is -2.32. The molecule has 2 amide bonds. The largest absolute Gasteiger partial charge is 0.396 e. The van der Waals surface area contributed by atoms with E-state index >= 15 is 0 Å². The number of nitrogens with zero attached hydrogens (tertiary/aromatic N) is 1. The van der Waals surface area contributed by atoms with Gasteiger partial charge in [-0.1, -0.05) is 12.8 Å². The second-order valence-corrected chi connectivity index (χ2v) is 5.72. The Hall–Kier alpha value is -0.770. The van der Waals surface area contributed by atoms with Gasteiger partial charge in [-0.15, -0.1) is 0 Å². The summed E-state index contributed by atoms with van der Waals surface area (Å²) in [6.07, 6.45) is 8.24. The van der Waals surface area contributed by atoms with Crippen LogP contribution in [0.1, 0.15) is 44.9 Å². The molecule has 4 nitrogen and oxygen atoms in total. The second kappa shape index (κ2) is 6.98. The molecule has 1 aliphatic heterocycles. The molecule has 2 N–H and O–H groups in total. The maximum atomic E-state index is 12.0. The van der Waals surface area contributed by atoms with Crippen molar-refractivity contribution in [3.05, 3.63) is 0 Å². The van der Waals surface area contributed by atoms with Crippen LogP contribution in [-0.4, -0.2) is 42.3 Å². The SMILES string of the molecule is O=C(NCC1CCCCC1CO)N1CCCCC1. The van der Waals surface area contributed by atoms with Gasteiger partial charge in [0.05, 0.1) is 0 Å². The molecule has 0 radical (unpaired) electrons. The van der Waals surface area contributed by atoms with Gasteiger partial charge in [0.25, 0.3) is 0 Å². The van der Waals surface area contributed by atoms with E-state index in [0.717, 1.165) is 45.3 Å². The first kappa shape index (κ1) is 13.7. The molecular weight excluding hydrogens is 228 g/mol. The Morgan fingerprint density at radius 3 is 2.39 bits per heavy atom. The van der Waals surface area contributed by atoms with Gasteiger partial charge in [0.15, 0.2) is 0 Å². The number of amides is 2. The number of nitrogens with one attached hydrogen (secondary N) is 1. The number of aliphatic hydroxyl groups is 1. The van der Waals surface area contributed by atoms with Crippen molar-refractivity contribution in [2.24, 2.45) is 11.8 Å². The highest BCUT2D eigenvalue weighted by Gasteiger charge is 2.25. The summed E-state index contributed by atoms with van der Waals surface area (Å²) in [5.74, 6) is 0.859. The molecule has 0 bridgehead atoms. The van der Waals surface area contributed by atoms with E-state index in [0.29, 0.717) is 11.8 Å². The van der Waals surface area contributed by atoms with E-state index in [1.165, 1.54) is 19.3 Å². The number of carbonyl (C=O) groups excluding carboxylic acids is 1. The zero-order chi connectivity index (χ0) is 12.8. The van der Waals surface area contributed by atoms with Crippen LogP contribution in [0.4, 0.5) is 4.79 Å². The first-order valence-electron chi connectivity index (χ1n) is 7.45. The zero-order valence-corrected chi connectivity index (χ0v) is 11.2. The highest BCUT2D eigenvalue weighted by Crippen LogP contribution is 2.29. The minimum absolute atomic E-state index is 0.0944. The fourth-order valence-corrected chi connectivity index (χ4v) is 3.22. The normalized spacial score (nSPS) is 29.1. The molecule has 1 saturated carbocycles. The van der Waals surface area contributed by atoms with Gasteiger partial charge in [0, 0.05) is 26.2 Å². The molecule has 0 aromatic heterocycles. The molecule has 0 spiro atoms. The molecule has 4 heteroatoms. The number of carbonyl (C=O) groups is 1. The van der Waals surface area contributed by atoms with Crippen molar-refractivity contribution in [2.45, 2.75) is 44.9 Å². The lowest BCUT2D eigenvalue weighted by molar-refractivity contribution is 0.130. The molecule has 1 saturated heterocycles. The van der Waals surface area contributed by atoms with Crippen molar-refractivity contribution in [3.8, 4) is 0 Å². The third-order valence-corrected chi connectivity index (χ3v) is 4.46. The first-order valence-corrected chi connectivity index (χ1v) is 7.45. The first-order chi connectivity index (χ1) is 8.81. The molecule has 1 heterocycles. The van der Waals surface area contributed by atoms with Gasteiger partial charge in [-0.3, -0.25) is 0 Å². The smallest absolute Gasteiger partial charge is 0.317 e. The Kier molecular flexibility index (Phi) is 5.29. The average Bonchev–Trinajstić information content (AvgIpc) is 2.46. The monoisotopic (exact) mass is 254 g/mol. The number of aliphatic hydroxyl groups excluding tert-OH is 1. The number of hydrogen-bond donors (Lipinski definition) is 2. The van der Waals surface area contributed by atoms with Crippen molar-refractivity contribution >= 4 is 6.03 Å². The standard InChI is InChI=1S/C14H26N2O2/c17-11-13-7-3-2-6-12(13)10-15-14(18)16-8-4-1-5-9-16/h12-13,17H,1-11H2,(H,15,18). The fourth-order valence-electron chi connectivity index (χ4n) is 3.22. The van der Waals surface area contributed by atoms with Crippen molar-refractivity contribution in [2.75, 3.05) is 26.2 Å². The number of rotatable bonds is 3. The van der Waals surface area contributed by atoms with Crippen LogP contribution in [0.5, 0.6) is 0 Å². The number of piperidine rings is 1. The van der Waals surface area contributed by atoms with Crippen molar-refractivity contribution < 1.29 is 9.90 Å². The zero-order valence-electron chi connectivity index (χ0n) is 11.2. The summed E-state index contributed by atoms with van der Waals surface area (Å²) in [7, 11) is 0. The summed E-state index contributed by atoms with van der Waals surface area (Å²) in [4.78, 5) is 13.9. The summed E-state index contributed by atoms with van der Waals surface area (Å²) in [5.41, 5.74) is 0. The van der Waals surface area contributed by atoms with Crippen LogP contribution in [0.2, 0.25) is 0 Å². The number of likely N-dealkylation sites (tertiary alicyclic amines) is 1. The van der Waals surface area contributed by atoms with Gasteiger partial charge in [-0.2, -0.15) is 0 Å². The predicted molar refractivity (Wildman–Crippen MR) is 71.4 cm³/mol. The van der Waals surface area contributed by atoms with E-state index < -0.39 is 0 Å². The summed E-state index contributed by atoms with van der Waals surface area (Å²) < 4.78 is 0. The molecule has 2 rings (SSSR count). The molecular formula is C14H26N2O2. The highest BCUT2D eigenvalue weighted by molar-refractivity contribution is 5.74. The van der Waals surface area contributed by atoms with E-state index in [1.807, 2.05) is 4.90 Å². The predicted octanol–water partition coefficient (Wildman–Crippen LogP) is 1.98. The Balaban J connectivity index is 1.73. The van der Waals surface area contributed by atoms with Crippen LogP contribution in [0.3, 0.4) is 0 Å². The van der Waals surface area contributed by atoms with Crippen molar-refractivity contribution in [1.82, 2.24) is 10.2 Å². The van der Waals surface area contributed by atoms with E-state index in [1.54, 1.807) is 0 Å². The van der Waals surface area contributed by atoms with Gasteiger partial charge in [-0.05, 0) is 43.9 Å². The van der Waals surface area contributed by atoms with Crippen LogP contribution in [0.15, 0.2) is 0 Å². The summed E-state index contributed by atoms with van der Waals surface area (Å²) in [5, 5.41) is 12.4. The van der Waals surface area contributed by atoms with Gasteiger partial charge >= 0.3 is 6.03 Å². The number of urea groups is 1. The van der Waals surface area contributed by atoms with E-state index in [9.17, 15) is 9.90 Å². The number of hydrogen-bond acceptors (Lipinski definition) is 2. The molecule has 2 unspecified atom stereocenters. The fraction of sp³-hybridized carbons (Fsp3) is 0.929. The topological polar surface area (TPSA) is 52.6 Å². The second-order valence-electron chi connectivity index (χ2n) is 5.72. The third-order valence-electron chi connectivity index (χ3n) is 4.46. The lowest BCUT2D eigenvalue weighted by Crippen LogP contribution is -2.45. The Morgan fingerprint density at radius 2 is 1.72 bits per heavy atom. The Bertz CT molecular complexity index is 265. The van der Waals surface area contributed by atoms with Crippen molar-refractivity contribution in [3.63, 3.8) is 0 Å². The van der Waals surface area contributed by atoms with Crippen LogP contribution in [-0.2, 0) is 0 Å². The van der Waals surface area contributed by atoms with Gasteiger partial charge in [0.1, 0.15) is 0 Å². The molecule has 0 aromatic carbocycles. The quantitative estimate of drug-likeness (QED) is 0.809. The van der Waals surface area contributed by atoms with Gasteiger partial charge in [0.2, 0.25) is 0 Å². The van der Waals surface area contributed by atoms with Crippen LogP contribution < -0.4 is 5.32 Å². The molecule has 18 heavy (non-hydrogen) atoms. The summed E-state index contributed by atoms with van der Waals surface area (Å²) in [6, 6.07) is 0.0944. The van der Waals surface area contributed by atoms with E-state index in [-0.39, 0.29) is 12.6 Å². The Labute approximate surface area is 110 Å². The maximum Gasteiger partial charge on any atom is 0.317 e. The van der Waals surface area contributed by atoms with E-state index in [4.69, 9.17) is 0 Å². The molecule has 2 fully saturated rings. The molecule has 104 valence electrons. The van der Waals surface area contributed by atoms with E-state index in [2.05, 4.69) is 5.32 Å². The van der Waals surface area contributed by atoms with Crippen LogP contribution in [0.25, 0.3) is 0 Å². The minimum Gasteiger partial charge on any atom is -0.396 e. The third kappa shape index (κ3) is 3.61. The van der Waals surface area contributed by atoms with Gasteiger partial charge < -0.3 is 15.3 Å². The Morgan fingerprint density at radius 1 is 1.06 bits per heavy atom. The lowest BCUT2D eigenvalue weighted by atomic mass is 9.80. The highest BCUT2D eigenvalue weighted by atomic mass is 16.3. The summed E-state index contributed by atoms with van der Waals surface area (Å²) >= 11 is 0. The average molecular weight is 254 g/mol. The summed E-state index contributed by atoms with van der Waals surface area (Å²) in [6.45, 7) is 2.81.